The van der Waals surface area contributed by atoms with Crippen molar-refractivity contribution in [2.75, 3.05) is 0 Å². The summed E-state index contributed by atoms with van der Waals surface area (Å²) in [5, 5.41) is 4.83. The van der Waals surface area contributed by atoms with Gasteiger partial charge in [-0.2, -0.15) is 0 Å². The fourth-order valence-electron chi connectivity index (χ4n) is 2.04. The van der Waals surface area contributed by atoms with Crippen LogP contribution in [-0.4, -0.2) is 11.0 Å². The first-order valence-electron chi connectivity index (χ1n) is 5.50. The zero-order valence-electron chi connectivity index (χ0n) is 9.54. The lowest BCUT2D eigenvalue weighted by Crippen LogP contribution is -2.25. The molecule has 0 bridgehead atoms. The normalized spacial score (nSPS) is 13.6. The van der Waals surface area contributed by atoms with E-state index in [4.69, 9.17) is 0 Å². The third-order valence-corrected chi connectivity index (χ3v) is 2.67. The number of para-hydroxylation sites is 1. The van der Waals surface area contributed by atoms with Crippen molar-refractivity contribution in [3.05, 3.63) is 36.0 Å². The van der Waals surface area contributed by atoms with E-state index in [1.165, 1.54) is 16.5 Å². The number of fused-ring (bicyclic) bond motifs is 1. The number of aromatic nitrogens is 1. The average molecular weight is 202 g/mol. The van der Waals surface area contributed by atoms with Crippen LogP contribution in [0, 0.1) is 0 Å². The summed E-state index contributed by atoms with van der Waals surface area (Å²) in [5.74, 6) is 0. The molecule has 15 heavy (non-hydrogen) atoms. The zero-order chi connectivity index (χ0) is 10.8. The van der Waals surface area contributed by atoms with Gasteiger partial charge < -0.3 is 10.3 Å². The number of aromatic amines is 1. The summed E-state index contributed by atoms with van der Waals surface area (Å²) in [6.07, 6.45) is 2.10. The van der Waals surface area contributed by atoms with Crippen molar-refractivity contribution in [2.24, 2.45) is 0 Å². The van der Waals surface area contributed by atoms with Crippen LogP contribution < -0.4 is 5.32 Å². The van der Waals surface area contributed by atoms with Crippen LogP contribution in [0.4, 0.5) is 0 Å². The number of hydrogen-bond acceptors (Lipinski definition) is 1. The van der Waals surface area contributed by atoms with Gasteiger partial charge in [0.2, 0.25) is 0 Å². The third kappa shape index (κ3) is 2.05. The van der Waals surface area contributed by atoms with Crippen LogP contribution in [0.25, 0.3) is 10.9 Å². The Balaban J connectivity index is 2.35. The van der Waals surface area contributed by atoms with Crippen LogP contribution in [0.1, 0.15) is 32.4 Å². The molecular weight excluding hydrogens is 184 g/mol. The van der Waals surface area contributed by atoms with Gasteiger partial charge in [-0.3, -0.25) is 0 Å². The maximum atomic E-state index is 3.52. The molecule has 1 aromatic carbocycles. The van der Waals surface area contributed by atoms with E-state index in [0.717, 1.165) is 0 Å². The molecule has 0 saturated carbocycles. The lowest BCUT2D eigenvalue weighted by Gasteiger charge is -2.16. The molecule has 2 N–H and O–H groups in total. The van der Waals surface area contributed by atoms with E-state index >= 15 is 0 Å². The Kier molecular flexibility index (Phi) is 2.78. The second kappa shape index (κ2) is 4.07. The first-order chi connectivity index (χ1) is 7.18. The van der Waals surface area contributed by atoms with Crippen LogP contribution in [0.15, 0.2) is 30.5 Å². The van der Waals surface area contributed by atoms with E-state index in [1.807, 2.05) is 0 Å². The minimum absolute atomic E-state index is 0.390. The van der Waals surface area contributed by atoms with Crippen molar-refractivity contribution in [3.63, 3.8) is 0 Å². The molecule has 0 radical (unpaired) electrons. The molecule has 2 rings (SSSR count). The number of H-pyrrole nitrogens is 1. The Morgan fingerprint density at radius 2 is 1.87 bits per heavy atom. The van der Waals surface area contributed by atoms with E-state index in [2.05, 4.69) is 61.5 Å². The summed E-state index contributed by atoms with van der Waals surface area (Å²) in [7, 11) is 0. The van der Waals surface area contributed by atoms with Crippen LogP contribution in [0.5, 0.6) is 0 Å². The molecule has 2 heteroatoms. The van der Waals surface area contributed by atoms with Crippen molar-refractivity contribution >= 4 is 10.9 Å². The van der Waals surface area contributed by atoms with Gasteiger partial charge in [-0.15, -0.1) is 0 Å². The first-order valence-corrected chi connectivity index (χ1v) is 5.50. The van der Waals surface area contributed by atoms with Gasteiger partial charge in [0.25, 0.3) is 0 Å². The summed E-state index contributed by atoms with van der Waals surface area (Å²) >= 11 is 0. The number of hydrogen-bond donors (Lipinski definition) is 2. The molecule has 2 aromatic rings. The van der Waals surface area contributed by atoms with Crippen molar-refractivity contribution in [1.82, 2.24) is 10.3 Å². The zero-order valence-corrected chi connectivity index (χ0v) is 9.54. The molecule has 0 unspecified atom stereocenters. The predicted octanol–water partition coefficient (Wildman–Crippen LogP) is 3.23. The average Bonchev–Trinajstić information content (AvgIpc) is 2.59. The first kappa shape index (κ1) is 10.2. The fourth-order valence-corrected chi connectivity index (χ4v) is 2.04. The summed E-state index contributed by atoms with van der Waals surface area (Å²) in [4.78, 5) is 3.30. The van der Waals surface area contributed by atoms with Crippen LogP contribution in [0.2, 0.25) is 0 Å². The highest BCUT2D eigenvalue weighted by Gasteiger charge is 2.10. The highest BCUT2D eigenvalue weighted by molar-refractivity contribution is 5.83. The molecule has 1 aromatic heterocycles. The second-order valence-electron chi connectivity index (χ2n) is 4.33. The van der Waals surface area contributed by atoms with Crippen LogP contribution in [-0.2, 0) is 0 Å². The quantitative estimate of drug-likeness (QED) is 0.785. The summed E-state index contributed by atoms with van der Waals surface area (Å²) in [6.45, 7) is 6.55. The van der Waals surface area contributed by atoms with Gasteiger partial charge in [-0.25, -0.2) is 0 Å². The Morgan fingerprint density at radius 1 is 1.13 bits per heavy atom. The van der Waals surface area contributed by atoms with Gasteiger partial charge in [0.05, 0.1) is 0 Å². The summed E-state index contributed by atoms with van der Waals surface area (Å²) < 4.78 is 0. The molecule has 0 fully saturated rings. The fraction of sp³-hybridized carbons (Fsp3) is 0.385. The molecule has 0 amide bonds. The maximum Gasteiger partial charge on any atom is 0.0457 e. The lowest BCUT2D eigenvalue weighted by atomic mass is 10.1. The van der Waals surface area contributed by atoms with Crippen molar-refractivity contribution in [1.29, 1.82) is 0 Å². The molecule has 0 spiro atoms. The Hall–Kier alpha value is -1.28. The van der Waals surface area contributed by atoms with Gasteiger partial charge in [0, 0.05) is 29.2 Å². The van der Waals surface area contributed by atoms with Crippen molar-refractivity contribution in [3.8, 4) is 0 Å². The largest absolute Gasteiger partial charge is 0.361 e. The number of nitrogens with one attached hydrogen (secondary N) is 2. The number of rotatable bonds is 3. The molecule has 0 aliphatic rings. The standard InChI is InChI=1S/C13H18N2/c1-9(2)15-10(3)12-8-14-13-7-5-4-6-11(12)13/h4-10,14-15H,1-3H3/t10-/m0/s1. The van der Waals surface area contributed by atoms with E-state index in [9.17, 15) is 0 Å². The molecular formula is C13H18N2. The highest BCUT2D eigenvalue weighted by atomic mass is 14.9. The molecule has 2 nitrogen and oxygen atoms in total. The molecule has 0 saturated heterocycles. The van der Waals surface area contributed by atoms with Crippen molar-refractivity contribution < 1.29 is 0 Å². The summed E-state index contributed by atoms with van der Waals surface area (Å²) in [6, 6.07) is 9.32. The van der Waals surface area contributed by atoms with Gasteiger partial charge >= 0.3 is 0 Å². The lowest BCUT2D eigenvalue weighted by molar-refractivity contribution is 0.508. The Morgan fingerprint density at radius 3 is 2.60 bits per heavy atom. The SMILES string of the molecule is CC(C)N[C@@H](C)c1c[nH]c2ccccc12. The summed E-state index contributed by atoms with van der Waals surface area (Å²) in [5.41, 5.74) is 2.56. The third-order valence-electron chi connectivity index (χ3n) is 2.67. The minimum Gasteiger partial charge on any atom is -0.361 e. The molecule has 80 valence electrons. The van der Waals surface area contributed by atoms with Gasteiger partial charge in [-0.05, 0) is 18.6 Å². The van der Waals surface area contributed by atoms with Crippen LogP contribution >= 0.6 is 0 Å². The Bertz CT molecular complexity index is 442. The smallest absolute Gasteiger partial charge is 0.0457 e. The predicted molar refractivity (Wildman–Crippen MR) is 65.0 cm³/mol. The molecule has 1 atom stereocenters. The van der Waals surface area contributed by atoms with E-state index in [1.54, 1.807) is 0 Å². The van der Waals surface area contributed by atoms with Gasteiger partial charge in [0.1, 0.15) is 0 Å². The van der Waals surface area contributed by atoms with E-state index in [-0.39, 0.29) is 0 Å². The highest BCUT2D eigenvalue weighted by Crippen LogP contribution is 2.23. The van der Waals surface area contributed by atoms with Gasteiger partial charge in [0.15, 0.2) is 0 Å². The monoisotopic (exact) mass is 202 g/mol. The van der Waals surface area contributed by atoms with Crippen LogP contribution in [0.3, 0.4) is 0 Å². The second-order valence-corrected chi connectivity index (χ2v) is 4.33. The topological polar surface area (TPSA) is 27.8 Å². The van der Waals surface area contributed by atoms with E-state index < -0.39 is 0 Å². The minimum atomic E-state index is 0.390. The van der Waals surface area contributed by atoms with Crippen molar-refractivity contribution in [2.45, 2.75) is 32.9 Å². The van der Waals surface area contributed by atoms with Gasteiger partial charge in [-0.1, -0.05) is 32.0 Å². The Labute approximate surface area is 90.7 Å². The molecule has 0 aliphatic heterocycles. The number of benzene rings is 1. The molecule has 1 heterocycles. The molecule has 0 aliphatic carbocycles. The van der Waals surface area contributed by atoms with E-state index in [0.29, 0.717) is 12.1 Å². The maximum absolute atomic E-state index is 3.52.